The number of anilines is 1. The molecule has 1 aromatic carbocycles. The smallest absolute Gasteiger partial charge is 0.287 e. The van der Waals surface area contributed by atoms with E-state index in [4.69, 9.17) is 0 Å². The van der Waals surface area contributed by atoms with Crippen molar-refractivity contribution in [3.8, 4) is 5.69 Å². The Balaban J connectivity index is 1.76. The van der Waals surface area contributed by atoms with Crippen LogP contribution < -0.4 is 5.32 Å². The van der Waals surface area contributed by atoms with Gasteiger partial charge in [0.05, 0.1) is 17.3 Å². The van der Waals surface area contributed by atoms with Crippen LogP contribution in [0, 0.1) is 10.1 Å². The molecule has 0 saturated heterocycles. The molecule has 116 valence electrons. The number of rotatable bonds is 5. The topological polar surface area (TPSA) is 85.9 Å². The molecule has 0 unspecified atom stereocenters. The van der Waals surface area contributed by atoms with Crippen LogP contribution >= 0.6 is 0 Å². The van der Waals surface area contributed by atoms with Gasteiger partial charge in [-0.25, -0.2) is 9.97 Å². The van der Waals surface area contributed by atoms with Gasteiger partial charge in [0.2, 0.25) is 0 Å². The molecular weight excluding hydrogens is 294 g/mol. The summed E-state index contributed by atoms with van der Waals surface area (Å²) in [7, 11) is 0. The average Bonchev–Trinajstić information content (AvgIpc) is 3.10. The summed E-state index contributed by atoms with van der Waals surface area (Å²) in [4.78, 5) is 18.3. The first-order chi connectivity index (χ1) is 11.1. The molecule has 0 spiro atoms. The SMILES string of the molecule is C[C@@H](Nc1ccc([N+](=O)[O-])cn1)c1cccc(-n2ccnc2)c1. The first-order valence-corrected chi connectivity index (χ1v) is 7.09. The maximum Gasteiger partial charge on any atom is 0.287 e. The largest absolute Gasteiger partial charge is 0.364 e. The van der Waals surface area contributed by atoms with E-state index in [1.54, 1.807) is 18.6 Å². The number of hydrogen-bond acceptors (Lipinski definition) is 5. The van der Waals surface area contributed by atoms with Gasteiger partial charge in [0.1, 0.15) is 12.0 Å². The zero-order valence-corrected chi connectivity index (χ0v) is 12.5. The lowest BCUT2D eigenvalue weighted by Crippen LogP contribution is -2.08. The summed E-state index contributed by atoms with van der Waals surface area (Å²) in [6.45, 7) is 2.01. The lowest BCUT2D eigenvalue weighted by Gasteiger charge is -2.16. The maximum absolute atomic E-state index is 10.6. The zero-order valence-electron chi connectivity index (χ0n) is 12.5. The Morgan fingerprint density at radius 2 is 2.17 bits per heavy atom. The molecular formula is C16H15N5O2. The third-order valence-corrected chi connectivity index (χ3v) is 3.50. The molecule has 0 fully saturated rings. The van der Waals surface area contributed by atoms with Crippen LogP contribution in [0.25, 0.3) is 5.69 Å². The Labute approximate surface area is 132 Å². The highest BCUT2D eigenvalue weighted by molar-refractivity contribution is 5.44. The highest BCUT2D eigenvalue weighted by Crippen LogP contribution is 2.21. The van der Waals surface area contributed by atoms with Crippen LogP contribution in [0.15, 0.2) is 61.3 Å². The second-order valence-electron chi connectivity index (χ2n) is 5.09. The fourth-order valence-electron chi connectivity index (χ4n) is 2.25. The molecule has 23 heavy (non-hydrogen) atoms. The van der Waals surface area contributed by atoms with Crippen molar-refractivity contribution in [2.75, 3.05) is 5.32 Å². The molecule has 0 saturated carbocycles. The number of aromatic nitrogens is 3. The molecule has 3 rings (SSSR count). The molecule has 2 aromatic heterocycles. The van der Waals surface area contributed by atoms with E-state index in [2.05, 4.69) is 21.4 Å². The number of benzene rings is 1. The van der Waals surface area contributed by atoms with Crippen molar-refractivity contribution in [3.63, 3.8) is 0 Å². The van der Waals surface area contributed by atoms with Crippen LogP contribution in [0.3, 0.4) is 0 Å². The molecule has 1 atom stereocenters. The van der Waals surface area contributed by atoms with Crippen molar-refractivity contribution in [2.45, 2.75) is 13.0 Å². The van der Waals surface area contributed by atoms with E-state index < -0.39 is 4.92 Å². The summed E-state index contributed by atoms with van der Waals surface area (Å²) < 4.78 is 1.93. The number of nitrogens with one attached hydrogen (secondary N) is 1. The Kier molecular flexibility index (Phi) is 4.01. The third-order valence-electron chi connectivity index (χ3n) is 3.50. The van der Waals surface area contributed by atoms with Gasteiger partial charge in [-0.15, -0.1) is 0 Å². The summed E-state index contributed by atoms with van der Waals surface area (Å²) in [5, 5.41) is 13.9. The molecule has 2 heterocycles. The van der Waals surface area contributed by atoms with Crippen LogP contribution in [0.1, 0.15) is 18.5 Å². The lowest BCUT2D eigenvalue weighted by atomic mass is 10.1. The second-order valence-corrected chi connectivity index (χ2v) is 5.09. The van der Waals surface area contributed by atoms with Crippen LogP contribution in [-0.2, 0) is 0 Å². The summed E-state index contributed by atoms with van der Waals surface area (Å²) >= 11 is 0. The summed E-state index contributed by atoms with van der Waals surface area (Å²) in [6, 6.07) is 11.1. The second kappa shape index (κ2) is 6.27. The van der Waals surface area contributed by atoms with Gasteiger partial charge in [-0.3, -0.25) is 10.1 Å². The van der Waals surface area contributed by atoms with Gasteiger partial charge in [0.15, 0.2) is 0 Å². The van der Waals surface area contributed by atoms with Gasteiger partial charge in [-0.2, -0.15) is 0 Å². The predicted octanol–water partition coefficient (Wildman–Crippen LogP) is 3.35. The molecule has 3 aromatic rings. The van der Waals surface area contributed by atoms with Crippen molar-refractivity contribution < 1.29 is 4.92 Å². The van der Waals surface area contributed by atoms with Gasteiger partial charge in [-0.05, 0) is 30.7 Å². The molecule has 7 nitrogen and oxygen atoms in total. The molecule has 0 aliphatic heterocycles. The summed E-state index contributed by atoms with van der Waals surface area (Å²) in [6.07, 6.45) is 6.61. The van der Waals surface area contributed by atoms with E-state index in [0.717, 1.165) is 11.3 Å². The van der Waals surface area contributed by atoms with Crippen molar-refractivity contribution >= 4 is 11.5 Å². The summed E-state index contributed by atoms with van der Waals surface area (Å²) in [5.74, 6) is 0.594. The van der Waals surface area contributed by atoms with Gasteiger partial charge in [-0.1, -0.05) is 12.1 Å². The van der Waals surface area contributed by atoms with Crippen molar-refractivity contribution in [1.29, 1.82) is 0 Å². The Bertz CT molecular complexity index is 800. The lowest BCUT2D eigenvalue weighted by molar-refractivity contribution is -0.385. The van der Waals surface area contributed by atoms with Crippen LogP contribution in [0.4, 0.5) is 11.5 Å². The first-order valence-electron chi connectivity index (χ1n) is 7.09. The van der Waals surface area contributed by atoms with E-state index in [1.165, 1.54) is 12.3 Å². The fraction of sp³-hybridized carbons (Fsp3) is 0.125. The highest BCUT2D eigenvalue weighted by atomic mass is 16.6. The van der Waals surface area contributed by atoms with Crippen LogP contribution in [-0.4, -0.2) is 19.5 Å². The molecule has 0 bridgehead atoms. The van der Waals surface area contributed by atoms with Crippen molar-refractivity contribution in [3.05, 3.63) is 77.0 Å². The number of nitrogens with zero attached hydrogens (tertiary/aromatic N) is 4. The van der Waals surface area contributed by atoms with Crippen LogP contribution in [0.5, 0.6) is 0 Å². The molecule has 0 aliphatic rings. The van der Waals surface area contributed by atoms with Crippen LogP contribution in [0.2, 0.25) is 0 Å². The van der Waals surface area contributed by atoms with E-state index >= 15 is 0 Å². The van der Waals surface area contributed by atoms with Crippen molar-refractivity contribution in [1.82, 2.24) is 14.5 Å². The van der Waals surface area contributed by atoms with Gasteiger partial charge >= 0.3 is 0 Å². The molecule has 0 amide bonds. The molecule has 0 aliphatic carbocycles. The maximum atomic E-state index is 10.6. The standard InChI is InChI=1S/C16H15N5O2/c1-12(19-16-6-5-15(10-18-16)21(22)23)13-3-2-4-14(9-13)20-8-7-17-11-20/h2-12H,1H3,(H,18,19)/t12-/m1/s1. The molecule has 1 N–H and O–H groups in total. The van der Waals surface area contributed by atoms with Gasteiger partial charge in [0.25, 0.3) is 5.69 Å². The van der Waals surface area contributed by atoms with E-state index in [1.807, 2.05) is 35.9 Å². The number of pyridine rings is 1. The highest BCUT2D eigenvalue weighted by Gasteiger charge is 2.09. The normalized spacial score (nSPS) is 11.9. The minimum Gasteiger partial charge on any atom is -0.364 e. The Morgan fingerprint density at radius 1 is 1.30 bits per heavy atom. The summed E-state index contributed by atoms with van der Waals surface area (Å²) in [5.41, 5.74) is 2.08. The molecule has 0 radical (unpaired) electrons. The fourth-order valence-corrected chi connectivity index (χ4v) is 2.25. The number of nitro groups is 1. The predicted molar refractivity (Wildman–Crippen MR) is 86.5 cm³/mol. The van der Waals surface area contributed by atoms with E-state index in [9.17, 15) is 10.1 Å². The Hall–Kier alpha value is -3.22. The average molecular weight is 309 g/mol. The van der Waals surface area contributed by atoms with E-state index in [-0.39, 0.29) is 11.7 Å². The minimum atomic E-state index is -0.463. The number of imidazole rings is 1. The number of hydrogen-bond donors (Lipinski definition) is 1. The minimum absolute atomic E-state index is 0.00688. The first kappa shape index (κ1) is 14.7. The van der Waals surface area contributed by atoms with Crippen molar-refractivity contribution in [2.24, 2.45) is 0 Å². The van der Waals surface area contributed by atoms with E-state index in [0.29, 0.717) is 5.82 Å². The Morgan fingerprint density at radius 3 is 2.83 bits per heavy atom. The van der Waals surface area contributed by atoms with Gasteiger partial charge in [0, 0.05) is 24.1 Å². The van der Waals surface area contributed by atoms with Gasteiger partial charge < -0.3 is 9.88 Å². The zero-order chi connectivity index (χ0) is 16.2. The monoisotopic (exact) mass is 309 g/mol. The third kappa shape index (κ3) is 3.34. The quantitative estimate of drug-likeness (QED) is 0.577. The molecule has 7 heteroatoms.